The van der Waals surface area contributed by atoms with Crippen LogP contribution >= 0.6 is 0 Å². The first-order valence-corrected chi connectivity index (χ1v) is 7.04. The Morgan fingerprint density at radius 3 is 2.00 bits per heavy atom. The van der Waals surface area contributed by atoms with Gasteiger partial charge in [0.2, 0.25) is 0 Å². The first-order chi connectivity index (χ1) is 11.4. The molecule has 0 aliphatic heterocycles. The van der Waals surface area contributed by atoms with Crippen LogP contribution in [0.5, 0.6) is 0 Å². The average Bonchev–Trinajstić information content (AvgIpc) is 2.43. The Hall–Kier alpha value is -3.24. The summed E-state index contributed by atoms with van der Waals surface area (Å²) >= 11 is 0. The van der Waals surface area contributed by atoms with Crippen molar-refractivity contribution >= 4 is 23.4 Å². The monoisotopic (exact) mass is 355 g/mol. The van der Waals surface area contributed by atoms with Crippen molar-refractivity contribution in [3.63, 3.8) is 0 Å². The van der Waals surface area contributed by atoms with Gasteiger partial charge in [0.25, 0.3) is 11.4 Å². The third-order valence-electron chi connectivity index (χ3n) is 2.81. The molecule has 2 N–H and O–H groups in total. The number of amides is 1. The largest absolute Gasteiger partial charge is 0.480 e. The average molecular weight is 355 g/mol. The highest BCUT2D eigenvalue weighted by Crippen LogP contribution is 2.23. The number of rotatable bonds is 6. The Balaban J connectivity index is 3.05. The minimum Gasteiger partial charge on any atom is -0.480 e. The van der Waals surface area contributed by atoms with Gasteiger partial charge in [0.15, 0.2) is 0 Å². The Labute approximate surface area is 141 Å². The number of nitrogens with zero attached hydrogens (tertiary/aromatic N) is 2. The van der Waals surface area contributed by atoms with Gasteiger partial charge in [-0.3, -0.25) is 20.2 Å². The molecule has 11 nitrogen and oxygen atoms in total. The summed E-state index contributed by atoms with van der Waals surface area (Å²) in [6, 6.07) is 1.32. The Morgan fingerprint density at radius 1 is 1.16 bits per heavy atom. The van der Waals surface area contributed by atoms with Crippen LogP contribution in [-0.4, -0.2) is 38.7 Å². The van der Waals surface area contributed by atoms with E-state index in [2.05, 4.69) is 5.32 Å². The number of carboxylic acid groups (broad SMARTS) is 1. The van der Waals surface area contributed by atoms with Crippen LogP contribution in [0.1, 0.15) is 26.3 Å². The lowest BCUT2D eigenvalue weighted by Crippen LogP contribution is -2.44. The minimum absolute atomic E-state index is 0.0179. The number of benzene rings is 1. The van der Waals surface area contributed by atoms with E-state index in [1.54, 1.807) is 20.8 Å². The van der Waals surface area contributed by atoms with Gasteiger partial charge in [0.1, 0.15) is 11.6 Å². The molecular weight excluding hydrogens is 338 g/mol. The summed E-state index contributed by atoms with van der Waals surface area (Å²) in [5, 5.41) is 33.0. The third-order valence-corrected chi connectivity index (χ3v) is 2.81. The van der Waals surface area contributed by atoms with Crippen molar-refractivity contribution in [2.45, 2.75) is 38.8 Å². The van der Waals surface area contributed by atoms with Crippen molar-refractivity contribution in [3.8, 4) is 0 Å². The van der Waals surface area contributed by atoms with E-state index < -0.39 is 51.3 Å². The molecule has 1 rings (SSSR count). The van der Waals surface area contributed by atoms with Crippen LogP contribution in [-0.2, 0) is 16.0 Å². The smallest absolute Gasteiger partial charge is 0.408 e. The highest BCUT2D eigenvalue weighted by molar-refractivity contribution is 5.80. The zero-order valence-electron chi connectivity index (χ0n) is 13.7. The molecule has 0 bridgehead atoms. The third kappa shape index (κ3) is 6.41. The lowest BCUT2D eigenvalue weighted by atomic mass is 10.0. The molecule has 11 heteroatoms. The second-order valence-corrected chi connectivity index (χ2v) is 6.11. The van der Waals surface area contributed by atoms with E-state index in [1.807, 2.05) is 0 Å². The van der Waals surface area contributed by atoms with Gasteiger partial charge < -0.3 is 15.2 Å². The predicted molar refractivity (Wildman–Crippen MR) is 84.2 cm³/mol. The molecule has 0 aromatic heterocycles. The van der Waals surface area contributed by atoms with Crippen molar-refractivity contribution < 1.29 is 29.3 Å². The van der Waals surface area contributed by atoms with Gasteiger partial charge in [-0.2, -0.15) is 0 Å². The molecule has 136 valence electrons. The molecular formula is C14H17N3O8. The molecule has 0 saturated heterocycles. The molecule has 1 aromatic carbocycles. The highest BCUT2D eigenvalue weighted by atomic mass is 16.6. The number of nitrogens with one attached hydrogen (secondary N) is 1. The second kappa shape index (κ2) is 7.55. The maximum atomic E-state index is 11.7. The first kappa shape index (κ1) is 19.8. The summed E-state index contributed by atoms with van der Waals surface area (Å²) in [7, 11) is 0. The van der Waals surface area contributed by atoms with Crippen molar-refractivity contribution in [3.05, 3.63) is 44.0 Å². The summed E-state index contributed by atoms with van der Waals surface area (Å²) < 4.78 is 4.95. The van der Waals surface area contributed by atoms with Crippen LogP contribution < -0.4 is 5.32 Å². The number of ether oxygens (including phenoxy) is 1. The van der Waals surface area contributed by atoms with Crippen LogP contribution in [0.2, 0.25) is 0 Å². The number of hydrogen-bond donors (Lipinski definition) is 2. The Bertz CT molecular complexity index is 678. The normalized spacial score (nSPS) is 12.1. The minimum atomic E-state index is -1.48. The number of nitro benzene ring substituents is 2. The number of carbonyl (C=O) groups excluding carboxylic acids is 1. The van der Waals surface area contributed by atoms with E-state index in [0.29, 0.717) is 0 Å². The van der Waals surface area contributed by atoms with Crippen LogP contribution in [0.3, 0.4) is 0 Å². The van der Waals surface area contributed by atoms with Gasteiger partial charge >= 0.3 is 12.1 Å². The molecule has 0 fully saturated rings. The maximum absolute atomic E-state index is 11.7. The fraction of sp³-hybridized carbons (Fsp3) is 0.429. The van der Waals surface area contributed by atoms with E-state index in [0.717, 1.165) is 18.2 Å². The summed E-state index contributed by atoms with van der Waals surface area (Å²) in [6.45, 7) is 4.77. The fourth-order valence-electron chi connectivity index (χ4n) is 1.87. The maximum Gasteiger partial charge on any atom is 0.408 e. The molecule has 0 aliphatic carbocycles. The number of aliphatic carboxylic acids is 1. The molecule has 1 amide bonds. The van der Waals surface area contributed by atoms with Crippen molar-refractivity contribution in [1.29, 1.82) is 0 Å². The highest BCUT2D eigenvalue weighted by Gasteiger charge is 2.26. The summed E-state index contributed by atoms with van der Waals surface area (Å²) in [5.41, 5.74) is -1.93. The van der Waals surface area contributed by atoms with Gasteiger partial charge in [-0.1, -0.05) is 0 Å². The SMILES string of the molecule is CC(C)(C)OC(=O)NC(Cc1cc([N+](=O)[O-])cc([N+](=O)[O-])c1)C(=O)O. The number of carboxylic acids is 1. The summed E-state index contributed by atoms with van der Waals surface area (Å²) in [4.78, 5) is 43.1. The number of carbonyl (C=O) groups is 2. The van der Waals surface area contributed by atoms with Crippen LogP contribution in [0.15, 0.2) is 18.2 Å². The molecule has 0 heterocycles. The molecule has 0 spiro atoms. The Morgan fingerprint density at radius 2 is 1.64 bits per heavy atom. The zero-order chi connectivity index (χ0) is 19.4. The quantitative estimate of drug-likeness (QED) is 0.578. The molecule has 1 aromatic rings. The molecule has 1 atom stereocenters. The lowest BCUT2D eigenvalue weighted by molar-refractivity contribution is -0.394. The Kier molecular flexibility index (Phi) is 5.98. The summed E-state index contributed by atoms with van der Waals surface area (Å²) in [6.07, 6.45) is -1.38. The van der Waals surface area contributed by atoms with E-state index in [1.165, 1.54) is 0 Å². The number of non-ortho nitro benzene ring substituents is 2. The van der Waals surface area contributed by atoms with Gasteiger partial charge in [0, 0.05) is 18.6 Å². The van der Waals surface area contributed by atoms with E-state index in [9.17, 15) is 34.9 Å². The van der Waals surface area contributed by atoms with Gasteiger partial charge in [-0.25, -0.2) is 9.59 Å². The lowest BCUT2D eigenvalue weighted by Gasteiger charge is -2.22. The van der Waals surface area contributed by atoms with E-state index in [-0.39, 0.29) is 5.56 Å². The van der Waals surface area contributed by atoms with E-state index >= 15 is 0 Å². The number of alkyl carbamates (subject to hydrolysis) is 1. The van der Waals surface area contributed by atoms with Gasteiger partial charge in [-0.05, 0) is 26.3 Å². The molecule has 0 radical (unpaired) electrons. The van der Waals surface area contributed by atoms with Gasteiger partial charge in [-0.15, -0.1) is 0 Å². The number of nitro groups is 2. The predicted octanol–water partition coefficient (Wildman–Crippen LogP) is 2.02. The topological polar surface area (TPSA) is 162 Å². The second-order valence-electron chi connectivity index (χ2n) is 6.11. The van der Waals surface area contributed by atoms with Gasteiger partial charge in [0.05, 0.1) is 15.9 Å². The zero-order valence-corrected chi connectivity index (χ0v) is 13.7. The van der Waals surface area contributed by atoms with Crippen LogP contribution in [0.4, 0.5) is 16.2 Å². The molecule has 25 heavy (non-hydrogen) atoms. The number of hydrogen-bond acceptors (Lipinski definition) is 7. The first-order valence-electron chi connectivity index (χ1n) is 7.04. The van der Waals surface area contributed by atoms with Crippen molar-refractivity contribution in [1.82, 2.24) is 5.32 Å². The summed E-state index contributed by atoms with van der Waals surface area (Å²) in [5.74, 6) is -1.42. The van der Waals surface area contributed by atoms with Crippen LogP contribution in [0.25, 0.3) is 0 Å². The standard InChI is InChI=1S/C14H17N3O8/c1-14(2,3)25-13(20)15-11(12(18)19)6-8-4-9(16(21)22)7-10(5-8)17(23)24/h4-5,7,11H,6H2,1-3H3,(H,15,20)(H,18,19). The molecule has 0 saturated carbocycles. The van der Waals surface area contributed by atoms with E-state index in [4.69, 9.17) is 4.74 Å². The molecule has 0 aliphatic rings. The molecule has 1 unspecified atom stereocenters. The van der Waals surface area contributed by atoms with Crippen LogP contribution in [0, 0.1) is 20.2 Å². The van der Waals surface area contributed by atoms with Crippen molar-refractivity contribution in [2.24, 2.45) is 0 Å². The fourth-order valence-corrected chi connectivity index (χ4v) is 1.87. The van der Waals surface area contributed by atoms with Crippen molar-refractivity contribution in [2.75, 3.05) is 0 Å².